The van der Waals surface area contributed by atoms with E-state index < -0.39 is 11.7 Å². The molecule has 2 aromatic heterocycles. The molecule has 0 aromatic carbocycles. The lowest BCUT2D eigenvalue weighted by Gasteiger charge is -2.35. The Labute approximate surface area is 183 Å². The number of likely N-dealkylation sites (tertiary alicyclic amines) is 1. The molecular formula is C22H25F3N4O3. The Morgan fingerprint density at radius 1 is 1.03 bits per heavy atom. The first-order chi connectivity index (χ1) is 15.3. The molecule has 7 nitrogen and oxygen atoms in total. The van der Waals surface area contributed by atoms with Crippen molar-refractivity contribution in [1.29, 1.82) is 0 Å². The van der Waals surface area contributed by atoms with E-state index in [1.807, 2.05) is 4.90 Å². The van der Waals surface area contributed by atoms with Crippen LogP contribution in [0.15, 0.2) is 41.1 Å². The van der Waals surface area contributed by atoms with Gasteiger partial charge in [-0.05, 0) is 49.9 Å². The SMILES string of the molecule is O=C(NC1CCN(C(=O)c2ccco2)CC1)C1CCN(c2ccc(C(F)(F)F)cn2)CC1. The zero-order valence-electron chi connectivity index (χ0n) is 17.5. The van der Waals surface area contributed by atoms with Crippen LogP contribution in [0, 0.1) is 5.92 Å². The van der Waals surface area contributed by atoms with E-state index >= 15 is 0 Å². The number of aromatic nitrogens is 1. The highest BCUT2D eigenvalue weighted by Crippen LogP contribution is 2.30. The molecule has 0 unspecified atom stereocenters. The molecule has 2 amide bonds. The van der Waals surface area contributed by atoms with E-state index in [0.29, 0.717) is 63.4 Å². The van der Waals surface area contributed by atoms with Crippen molar-refractivity contribution < 1.29 is 27.2 Å². The number of carbonyl (C=O) groups excluding carboxylic acids is 2. The Balaban J connectivity index is 1.22. The van der Waals surface area contributed by atoms with E-state index in [4.69, 9.17) is 4.42 Å². The van der Waals surface area contributed by atoms with E-state index in [-0.39, 0.29) is 23.8 Å². The fourth-order valence-electron chi connectivity index (χ4n) is 4.21. The molecule has 2 fully saturated rings. The summed E-state index contributed by atoms with van der Waals surface area (Å²) in [6.07, 6.45) is 0.517. The van der Waals surface area contributed by atoms with Crippen molar-refractivity contribution in [3.63, 3.8) is 0 Å². The van der Waals surface area contributed by atoms with Crippen molar-refractivity contribution >= 4 is 17.6 Å². The number of nitrogens with zero attached hydrogens (tertiary/aromatic N) is 3. The summed E-state index contributed by atoms with van der Waals surface area (Å²) in [6, 6.07) is 5.75. The zero-order valence-corrected chi connectivity index (χ0v) is 17.5. The minimum absolute atomic E-state index is 0.000777. The van der Waals surface area contributed by atoms with Crippen LogP contribution in [0.1, 0.15) is 41.8 Å². The summed E-state index contributed by atoms with van der Waals surface area (Å²) in [5.41, 5.74) is -0.771. The van der Waals surface area contributed by atoms with Crippen molar-refractivity contribution in [2.24, 2.45) is 5.92 Å². The van der Waals surface area contributed by atoms with Crippen molar-refractivity contribution in [1.82, 2.24) is 15.2 Å². The summed E-state index contributed by atoms with van der Waals surface area (Å²) in [7, 11) is 0. The molecule has 0 saturated carbocycles. The molecule has 2 saturated heterocycles. The number of halogens is 3. The summed E-state index contributed by atoms with van der Waals surface area (Å²) in [5, 5.41) is 3.10. The average Bonchev–Trinajstić information content (AvgIpc) is 3.34. The maximum absolute atomic E-state index is 12.7. The highest BCUT2D eigenvalue weighted by molar-refractivity contribution is 5.91. The quantitative estimate of drug-likeness (QED) is 0.773. The molecule has 1 N–H and O–H groups in total. The van der Waals surface area contributed by atoms with Gasteiger partial charge in [-0.25, -0.2) is 4.98 Å². The van der Waals surface area contributed by atoms with Crippen LogP contribution in [0.3, 0.4) is 0 Å². The summed E-state index contributed by atoms with van der Waals surface area (Å²) < 4.78 is 43.3. The number of rotatable bonds is 4. The summed E-state index contributed by atoms with van der Waals surface area (Å²) in [6.45, 7) is 2.24. The van der Waals surface area contributed by atoms with Gasteiger partial charge in [-0.2, -0.15) is 13.2 Å². The second-order valence-corrected chi connectivity index (χ2v) is 8.22. The molecular weight excluding hydrogens is 425 g/mol. The fourth-order valence-corrected chi connectivity index (χ4v) is 4.21. The average molecular weight is 450 g/mol. The Morgan fingerprint density at radius 2 is 1.75 bits per heavy atom. The normalized spacial score (nSPS) is 18.6. The molecule has 0 aliphatic carbocycles. The van der Waals surface area contributed by atoms with Crippen LogP contribution in [0.25, 0.3) is 0 Å². The van der Waals surface area contributed by atoms with Gasteiger partial charge in [-0.15, -0.1) is 0 Å². The van der Waals surface area contributed by atoms with E-state index in [2.05, 4.69) is 10.3 Å². The standard InChI is InChI=1S/C22H25F3N4O3/c23-22(24,25)16-3-4-19(26-14-16)28-9-5-15(6-10-28)20(30)27-17-7-11-29(12-8-17)21(31)18-2-1-13-32-18/h1-4,13-15,17H,5-12H2,(H,27,30). The van der Waals surface area contributed by atoms with Crippen LogP contribution in [-0.4, -0.2) is 53.9 Å². The van der Waals surface area contributed by atoms with Gasteiger partial charge in [-0.1, -0.05) is 0 Å². The van der Waals surface area contributed by atoms with E-state index in [1.54, 1.807) is 17.0 Å². The Kier molecular flexibility index (Phi) is 6.38. The van der Waals surface area contributed by atoms with Gasteiger partial charge in [0.15, 0.2) is 5.76 Å². The monoisotopic (exact) mass is 450 g/mol. The number of hydrogen-bond donors (Lipinski definition) is 1. The molecule has 2 aliphatic heterocycles. The summed E-state index contributed by atoms with van der Waals surface area (Å²) in [4.78, 5) is 32.6. The van der Waals surface area contributed by atoms with E-state index in [0.717, 1.165) is 12.3 Å². The van der Waals surface area contributed by atoms with Crippen molar-refractivity contribution in [2.45, 2.75) is 37.9 Å². The maximum Gasteiger partial charge on any atom is 0.417 e. The summed E-state index contributed by atoms with van der Waals surface area (Å²) in [5.74, 6) is 0.542. The van der Waals surface area contributed by atoms with Crippen molar-refractivity contribution in [3.05, 3.63) is 48.0 Å². The number of furan rings is 1. The van der Waals surface area contributed by atoms with Crippen LogP contribution >= 0.6 is 0 Å². The largest absolute Gasteiger partial charge is 0.459 e. The lowest BCUT2D eigenvalue weighted by molar-refractivity contribution is -0.137. The minimum atomic E-state index is -4.40. The van der Waals surface area contributed by atoms with Crippen LogP contribution in [-0.2, 0) is 11.0 Å². The Hall–Kier alpha value is -3.04. The Bertz CT molecular complexity index is 915. The van der Waals surface area contributed by atoms with Gasteiger partial charge in [0.2, 0.25) is 5.91 Å². The first kappa shape index (κ1) is 22.2. The first-order valence-electron chi connectivity index (χ1n) is 10.7. The molecule has 0 radical (unpaired) electrons. The second-order valence-electron chi connectivity index (χ2n) is 8.22. The maximum atomic E-state index is 12.7. The van der Waals surface area contributed by atoms with Crippen LogP contribution in [0.2, 0.25) is 0 Å². The van der Waals surface area contributed by atoms with Crippen LogP contribution in [0.4, 0.5) is 19.0 Å². The van der Waals surface area contributed by atoms with Gasteiger partial charge < -0.3 is 19.5 Å². The number of piperidine rings is 2. The molecule has 2 aromatic rings. The molecule has 4 rings (SSSR count). The molecule has 2 aliphatic rings. The molecule has 0 bridgehead atoms. The van der Waals surface area contributed by atoms with Gasteiger partial charge in [0, 0.05) is 44.3 Å². The molecule has 0 atom stereocenters. The highest BCUT2D eigenvalue weighted by Gasteiger charge is 2.32. The van der Waals surface area contributed by atoms with Gasteiger partial charge in [0.25, 0.3) is 5.91 Å². The minimum Gasteiger partial charge on any atom is -0.459 e. The van der Waals surface area contributed by atoms with Gasteiger partial charge in [0.1, 0.15) is 5.82 Å². The van der Waals surface area contributed by atoms with Crippen molar-refractivity contribution in [3.8, 4) is 0 Å². The fraction of sp³-hybridized carbons (Fsp3) is 0.500. The van der Waals surface area contributed by atoms with Crippen LogP contribution < -0.4 is 10.2 Å². The number of anilines is 1. The molecule has 4 heterocycles. The van der Waals surface area contributed by atoms with Crippen LogP contribution in [0.5, 0.6) is 0 Å². The van der Waals surface area contributed by atoms with E-state index in [1.165, 1.54) is 12.3 Å². The zero-order chi connectivity index (χ0) is 22.7. The lowest BCUT2D eigenvalue weighted by Crippen LogP contribution is -2.49. The number of nitrogens with one attached hydrogen (secondary N) is 1. The van der Waals surface area contributed by atoms with Gasteiger partial charge >= 0.3 is 6.18 Å². The number of alkyl halides is 3. The molecule has 10 heteroatoms. The topological polar surface area (TPSA) is 78.7 Å². The highest BCUT2D eigenvalue weighted by atomic mass is 19.4. The lowest BCUT2D eigenvalue weighted by atomic mass is 9.94. The van der Waals surface area contributed by atoms with Crippen molar-refractivity contribution in [2.75, 3.05) is 31.1 Å². The number of carbonyl (C=O) groups is 2. The smallest absolute Gasteiger partial charge is 0.417 e. The number of pyridine rings is 1. The Morgan fingerprint density at radius 3 is 2.31 bits per heavy atom. The third-order valence-electron chi connectivity index (χ3n) is 6.13. The second kappa shape index (κ2) is 9.22. The van der Waals surface area contributed by atoms with E-state index in [9.17, 15) is 22.8 Å². The predicted octanol–water partition coefficient (Wildman–Crippen LogP) is 3.33. The first-order valence-corrected chi connectivity index (χ1v) is 10.7. The third-order valence-corrected chi connectivity index (χ3v) is 6.13. The van der Waals surface area contributed by atoms with Gasteiger partial charge in [0.05, 0.1) is 11.8 Å². The molecule has 172 valence electrons. The summed E-state index contributed by atoms with van der Waals surface area (Å²) >= 11 is 0. The number of amides is 2. The molecule has 0 spiro atoms. The molecule has 32 heavy (non-hydrogen) atoms. The third kappa shape index (κ3) is 5.05. The predicted molar refractivity (Wildman–Crippen MR) is 110 cm³/mol. The number of hydrogen-bond acceptors (Lipinski definition) is 5. The van der Waals surface area contributed by atoms with Gasteiger partial charge in [-0.3, -0.25) is 9.59 Å².